The van der Waals surface area contributed by atoms with E-state index in [4.69, 9.17) is 0 Å². The number of aliphatic hydroxyl groups excluding tert-OH is 1. The molecule has 3 atom stereocenters. The Labute approximate surface area is 221 Å². The summed E-state index contributed by atoms with van der Waals surface area (Å²) in [4.78, 5) is 33.6. The first-order chi connectivity index (χ1) is 17.3. The Hall–Kier alpha value is -2.04. The molecule has 37 heavy (non-hydrogen) atoms. The topological polar surface area (TPSA) is 107 Å². The molecule has 1 aliphatic carbocycles. The van der Waals surface area contributed by atoms with Gasteiger partial charge in [-0.15, -0.1) is 5.10 Å². The Bertz CT molecular complexity index is 957. The molecule has 10 nitrogen and oxygen atoms in total. The van der Waals surface area contributed by atoms with E-state index in [2.05, 4.69) is 53.4 Å². The number of aliphatic hydroxyl groups is 1. The number of β-amino-alcohol motifs (C(OH)–C–C–N with tert-alkyl or cyclic N) is 1. The van der Waals surface area contributed by atoms with E-state index in [1.165, 1.54) is 0 Å². The number of hydrogen-bond donors (Lipinski definition) is 2. The van der Waals surface area contributed by atoms with Gasteiger partial charge in [0.25, 0.3) is 0 Å². The van der Waals surface area contributed by atoms with Crippen LogP contribution in [0.4, 0.5) is 0 Å². The quantitative estimate of drug-likeness (QED) is 0.540. The van der Waals surface area contributed by atoms with E-state index >= 15 is 0 Å². The summed E-state index contributed by atoms with van der Waals surface area (Å²) in [5.74, 6) is 0.0427. The van der Waals surface area contributed by atoms with Crippen molar-refractivity contribution >= 4 is 11.8 Å². The second-order valence-electron chi connectivity index (χ2n) is 13.3. The Morgan fingerprint density at radius 3 is 2.35 bits per heavy atom. The number of rotatable bonds is 8. The summed E-state index contributed by atoms with van der Waals surface area (Å²) in [6.07, 6.45) is 5.84. The van der Waals surface area contributed by atoms with Crippen molar-refractivity contribution in [3.63, 3.8) is 0 Å². The molecule has 208 valence electrons. The number of carbonyl (C=O) groups is 2. The molecule has 3 heterocycles. The van der Waals surface area contributed by atoms with Gasteiger partial charge in [0.1, 0.15) is 12.1 Å². The zero-order chi connectivity index (χ0) is 27.1. The molecule has 2 amide bonds. The molecular weight excluding hydrogens is 470 g/mol. The van der Waals surface area contributed by atoms with Crippen molar-refractivity contribution in [2.75, 3.05) is 40.3 Å². The highest BCUT2D eigenvalue weighted by Crippen LogP contribution is 2.40. The van der Waals surface area contributed by atoms with Crippen LogP contribution in [-0.4, -0.2) is 111 Å². The molecule has 4 rings (SSSR count). The van der Waals surface area contributed by atoms with Crippen molar-refractivity contribution in [3.8, 4) is 0 Å². The van der Waals surface area contributed by atoms with E-state index in [0.29, 0.717) is 18.5 Å². The van der Waals surface area contributed by atoms with Gasteiger partial charge in [0.2, 0.25) is 11.8 Å². The first-order valence-electron chi connectivity index (χ1n) is 13.9. The van der Waals surface area contributed by atoms with Gasteiger partial charge in [-0.25, -0.2) is 4.68 Å². The summed E-state index contributed by atoms with van der Waals surface area (Å²) < 4.78 is 1.66. The van der Waals surface area contributed by atoms with Crippen LogP contribution in [0.3, 0.4) is 0 Å². The first kappa shape index (κ1) is 28.0. The highest BCUT2D eigenvalue weighted by Gasteiger charge is 2.46. The number of likely N-dealkylation sites (tertiary alicyclic amines) is 2. The van der Waals surface area contributed by atoms with Crippen LogP contribution in [0, 0.1) is 5.41 Å². The average Bonchev–Trinajstić information content (AvgIpc) is 3.43. The minimum Gasteiger partial charge on any atom is -0.391 e. The van der Waals surface area contributed by atoms with Crippen LogP contribution in [0.25, 0.3) is 0 Å². The number of nitrogens with zero attached hydrogens (tertiary/aromatic N) is 6. The first-order valence-corrected chi connectivity index (χ1v) is 13.9. The molecule has 10 heteroatoms. The minimum absolute atomic E-state index is 0.148. The fraction of sp³-hybridized carbons (Fsp3) is 0.852. The monoisotopic (exact) mass is 517 g/mol. The van der Waals surface area contributed by atoms with Gasteiger partial charge in [0.15, 0.2) is 0 Å². The third-order valence-electron chi connectivity index (χ3n) is 8.45. The van der Waals surface area contributed by atoms with E-state index < -0.39 is 23.6 Å². The van der Waals surface area contributed by atoms with Crippen molar-refractivity contribution < 1.29 is 14.7 Å². The molecule has 1 aromatic rings. The summed E-state index contributed by atoms with van der Waals surface area (Å²) >= 11 is 0. The highest BCUT2D eigenvalue weighted by atomic mass is 16.3. The van der Waals surface area contributed by atoms with Crippen LogP contribution < -0.4 is 5.32 Å². The summed E-state index contributed by atoms with van der Waals surface area (Å²) in [6, 6.07) is -0.709. The molecule has 0 radical (unpaired) electrons. The molecule has 0 bridgehead atoms. The summed E-state index contributed by atoms with van der Waals surface area (Å²) in [5, 5.41) is 22.2. The maximum atomic E-state index is 13.9. The van der Waals surface area contributed by atoms with E-state index in [1.54, 1.807) is 9.58 Å². The third kappa shape index (κ3) is 6.34. The number of piperidine rings is 1. The van der Waals surface area contributed by atoms with E-state index in [-0.39, 0.29) is 30.3 Å². The Morgan fingerprint density at radius 2 is 1.78 bits per heavy atom. The molecule has 2 aliphatic heterocycles. The van der Waals surface area contributed by atoms with Gasteiger partial charge in [0, 0.05) is 56.3 Å². The second-order valence-corrected chi connectivity index (χ2v) is 13.3. The summed E-state index contributed by atoms with van der Waals surface area (Å²) in [5.41, 5.74) is 0.280. The number of amides is 2. The average molecular weight is 518 g/mol. The molecule has 3 fully saturated rings. The maximum Gasteiger partial charge on any atom is 0.248 e. The molecule has 3 aliphatic rings. The van der Waals surface area contributed by atoms with Crippen molar-refractivity contribution in [3.05, 3.63) is 11.9 Å². The van der Waals surface area contributed by atoms with Gasteiger partial charge in [0.05, 0.1) is 11.8 Å². The molecule has 0 aromatic carbocycles. The molecule has 2 saturated heterocycles. The lowest BCUT2D eigenvalue weighted by molar-refractivity contribution is -0.144. The second kappa shape index (κ2) is 10.6. The van der Waals surface area contributed by atoms with Crippen LogP contribution in [0.5, 0.6) is 0 Å². The van der Waals surface area contributed by atoms with Crippen molar-refractivity contribution in [1.29, 1.82) is 0 Å². The largest absolute Gasteiger partial charge is 0.391 e. The molecule has 1 aromatic heterocycles. The third-order valence-corrected chi connectivity index (χ3v) is 8.45. The van der Waals surface area contributed by atoms with Gasteiger partial charge >= 0.3 is 0 Å². The summed E-state index contributed by atoms with van der Waals surface area (Å²) in [7, 11) is 4.27. The van der Waals surface area contributed by atoms with Crippen LogP contribution in [0.15, 0.2) is 6.20 Å². The van der Waals surface area contributed by atoms with Crippen molar-refractivity contribution in [2.45, 2.75) is 102 Å². The van der Waals surface area contributed by atoms with E-state index in [1.807, 2.05) is 27.0 Å². The Kier molecular flexibility index (Phi) is 8.03. The predicted molar refractivity (Wildman–Crippen MR) is 142 cm³/mol. The molecular formula is C27H47N7O3. The number of nitrogens with one attached hydrogen (secondary N) is 1. The van der Waals surface area contributed by atoms with Gasteiger partial charge < -0.3 is 20.2 Å². The zero-order valence-electron chi connectivity index (χ0n) is 23.8. The molecule has 1 saturated carbocycles. The van der Waals surface area contributed by atoms with Crippen LogP contribution in [0.2, 0.25) is 0 Å². The van der Waals surface area contributed by atoms with Crippen molar-refractivity contribution in [1.82, 2.24) is 35.0 Å². The lowest BCUT2D eigenvalue weighted by Gasteiger charge is -2.44. The molecule has 0 spiro atoms. The highest BCUT2D eigenvalue weighted by molar-refractivity contribution is 5.90. The zero-order valence-corrected chi connectivity index (χ0v) is 23.8. The van der Waals surface area contributed by atoms with Gasteiger partial charge in [-0.2, -0.15) is 0 Å². The van der Waals surface area contributed by atoms with Crippen molar-refractivity contribution in [2.24, 2.45) is 5.41 Å². The van der Waals surface area contributed by atoms with Crippen LogP contribution >= 0.6 is 0 Å². The van der Waals surface area contributed by atoms with E-state index in [0.717, 1.165) is 44.5 Å². The van der Waals surface area contributed by atoms with Crippen LogP contribution in [-0.2, 0) is 9.59 Å². The summed E-state index contributed by atoms with van der Waals surface area (Å²) in [6.45, 7) is 12.9. The fourth-order valence-corrected chi connectivity index (χ4v) is 5.85. The smallest absolute Gasteiger partial charge is 0.248 e. The Balaban J connectivity index is 1.42. The predicted octanol–water partition coefficient (Wildman–Crippen LogP) is 1.63. The van der Waals surface area contributed by atoms with Crippen LogP contribution in [0.1, 0.15) is 84.4 Å². The Morgan fingerprint density at radius 1 is 1.14 bits per heavy atom. The minimum atomic E-state index is -0.726. The van der Waals surface area contributed by atoms with Gasteiger partial charge in [-0.3, -0.25) is 14.5 Å². The normalized spacial score (nSPS) is 25.1. The standard InChI is InChI=1S/C27H47N7O3/c1-26(2,3)23(34-16-21(29-30-34)18-8-9-18)25(37)33-15-20(35)14-22(33)24(36)28-17-27(4,5)32-12-10-19(11-13-32)31(6)7/h16,18-20,22-23,35H,8-15,17H2,1-7H3,(H,28,36)/t20?,22?,23-/m1/s1. The maximum absolute atomic E-state index is 13.9. The van der Waals surface area contributed by atoms with Gasteiger partial charge in [-0.1, -0.05) is 26.0 Å². The molecule has 2 N–H and O–H groups in total. The number of carbonyl (C=O) groups excluding carboxylic acids is 2. The number of hydrogen-bond acceptors (Lipinski definition) is 7. The fourth-order valence-electron chi connectivity index (χ4n) is 5.85. The lowest BCUT2D eigenvalue weighted by Crippen LogP contribution is -2.57. The SMILES string of the molecule is CN(C)C1CCN(C(C)(C)CNC(=O)C2CC(O)CN2C(=O)[C@@H](n2cc(C3CC3)nn2)C(C)(C)C)CC1. The lowest BCUT2D eigenvalue weighted by atomic mass is 9.85. The molecule has 2 unspecified atom stereocenters. The van der Waals surface area contributed by atoms with E-state index in [9.17, 15) is 14.7 Å². The van der Waals surface area contributed by atoms with Gasteiger partial charge in [-0.05, 0) is 59.0 Å². The number of aromatic nitrogens is 3.